The number of sulfonamides is 1. The Hall–Kier alpha value is -0.730. The van der Waals surface area contributed by atoms with E-state index in [0.29, 0.717) is 50.2 Å². The summed E-state index contributed by atoms with van der Waals surface area (Å²) in [7, 11) is -3.58. The second-order valence-corrected chi connectivity index (χ2v) is 7.93. The highest BCUT2D eigenvalue weighted by atomic mass is 35.5. The first-order chi connectivity index (χ1) is 10.9. The molecule has 1 aliphatic heterocycles. The first kappa shape index (κ1) is 21.3. The van der Waals surface area contributed by atoms with Crippen LogP contribution in [0.2, 0.25) is 0 Å². The molecule has 0 aliphatic carbocycles. The van der Waals surface area contributed by atoms with Gasteiger partial charge in [0.15, 0.2) is 0 Å². The van der Waals surface area contributed by atoms with E-state index in [-0.39, 0.29) is 29.2 Å². The maximum absolute atomic E-state index is 13.7. The monoisotopic (exact) mass is 380 g/mol. The zero-order valence-corrected chi connectivity index (χ0v) is 15.8. The van der Waals surface area contributed by atoms with Gasteiger partial charge < -0.3 is 10.5 Å². The van der Waals surface area contributed by atoms with Crippen LogP contribution in [0.4, 0.5) is 4.39 Å². The van der Waals surface area contributed by atoms with Crippen molar-refractivity contribution in [3.63, 3.8) is 0 Å². The molecule has 0 bridgehead atoms. The summed E-state index contributed by atoms with van der Waals surface area (Å²) in [6.45, 7) is 5.22. The minimum Gasteiger partial charge on any atom is -0.378 e. The van der Waals surface area contributed by atoms with Crippen LogP contribution in [-0.4, -0.2) is 45.1 Å². The third-order valence-electron chi connectivity index (χ3n) is 4.15. The van der Waals surface area contributed by atoms with Gasteiger partial charge in [0.1, 0.15) is 5.82 Å². The van der Waals surface area contributed by atoms with E-state index in [0.717, 1.165) is 6.42 Å². The SMILES string of the molecule is Cc1cc(S(=O)(=O)N2CCC(OCCCN)CC2)cc(C)c1F.Cl. The van der Waals surface area contributed by atoms with E-state index in [1.807, 2.05) is 0 Å². The molecule has 1 aliphatic rings. The Morgan fingerprint density at radius 2 is 1.79 bits per heavy atom. The molecule has 0 spiro atoms. The molecule has 5 nitrogen and oxygen atoms in total. The van der Waals surface area contributed by atoms with Gasteiger partial charge in [0.2, 0.25) is 10.0 Å². The molecule has 1 fully saturated rings. The van der Waals surface area contributed by atoms with Crippen molar-refractivity contribution in [1.82, 2.24) is 4.31 Å². The van der Waals surface area contributed by atoms with E-state index < -0.39 is 10.0 Å². The number of ether oxygens (including phenoxy) is 1. The van der Waals surface area contributed by atoms with Crippen molar-refractivity contribution < 1.29 is 17.5 Å². The predicted octanol–water partition coefficient (Wildman–Crippen LogP) is 2.38. The Bertz CT molecular complexity index is 624. The minimum atomic E-state index is -3.58. The van der Waals surface area contributed by atoms with Gasteiger partial charge in [-0.3, -0.25) is 0 Å². The van der Waals surface area contributed by atoms with Crippen molar-refractivity contribution in [2.75, 3.05) is 26.2 Å². The Balaban J connectivity index is 0.00000288. The third-order valence-corrected chi connectivity index (χ3v) is 6.03. The number of halogens is 2. The zero-order valence-electron chi connectivity index (χ0n) is 14.1. The molecule has 8 heteroatoms. The maximum Gasteiger partial charge on any atom is 0.243 e. The number of nitrogens with zero attached hydrogens (tertiary/aromatic N) is 1. The molecule has 1 aromatic carbocycles. The van der Waals surface area contributed by atoms with Gasteiger partial charge in [0, 0.05) is 19.7 Å². The molecule has 0 unspecified atom stereocenters. The summed E-state index contributed by atoms with van der Waals surface area (Å²) in [6.07, 6.45) is 2.24. The highest BCUT2D eigenvalue weighted by Crippen LogP contribution is 2.25. The summed E-state index contributed by atoms with van der Waals surface area (Å²) in [5.74, 6) is -0.351. The summed E-state index contributed by atoms with van der Waals surface area (Å²) >= 11 is 0. The number of aryl methyl sites for hydroxylation is 2. The van der Waals surface area contributed by atoms with Crippen molar-refractivity contribution in [3.8, 4) is 0 Å². The lowest BCUT2D eigenvalue weighted by Gasteiger charge is -2.31. The van der Waals surface area contributed by atoms with E-state index in [4.69, 9.17) is 10.5 Å². The standard InChI is InChI=1S/C16H25FN2O3S.ClH/c1-12-10-15(11-13(2)16(12)17)23(20,21)19-7-4-14(5-8-19)22-9-3-6-18;/h10-11,14H,3-9,18H2,1-2H3;1H. The highest BCUT2D eigenvalue weighted by Gasteiger charge is 2.30. The highest BCUT2D eigenvalue weighted by molar-refractivity contribution is 7.89. The Kier molecular flexibility index (Phi) is 8.08. The topological polar surface area (TPSA) is 72.6 Å². The zero-order chi connectivity index (χ0) is 17.0. The summed E-state index contributed by atoms with van der Waals surface area (Å²) in [4.78, 5) is 0.163. The lowest BCUT2D eigenvalue weighted by molar-refractivity contribution is 0.0209. The van der Waals surface area contributed by atoms with Crippen LogP contribution in [0.15, 0.2) is 17.0 Å². The van der Waals surface area contributed by atoms with Crippen molar-refractivity contribution >= 4 is 22.4 Å². The largest absolute Gasteiger partial charge is 0.378 e. The first-order valence-electron chi connectivity index (χ1n) is 7.95. The van der Waals surface area contributed by atoms with E-state index in [2.05, 4.69) is 0 Å². The molecule has 2 rings (SSSR count). The van der Waals surface area contributed by atoms with E-state index >= 15 is 0 Å². The second-order valence-electron chi connectivity index (χ2n) is 5.99. The molecular formula is C16H26ClFN2O3S. The smallest absolute Gasteiger partial charge is 0.243 e. The fourth-order valence-corrected chi connectivity index (χ4v) is 4.42. The van der Waals surface area contributed by atoms with Gasteiger partial charge in [-0.25, -0.2) is 12.8 Å². The third kappa shape index (κ3) is 4.89. The van der Waals surface area contributed by atoms with Gasteiger partial charge in [0.25, 0.3) is 0 Å². The fraction of sp³-hybridized carbons (Fsp3) is 0.625. The predicted molar refractivity (Wildman–Crippen MR) is 94.5 cm³/mol. The number of nitrogens with two attached hydrogens (primary N) is 1. The van der Waals surface area contributed by atoms with Crippen molar-refractivity contribution in [2.24, 2.45) is 5.73 Å². The number of benzene rings is 1. The molecule has 138 valence electrons. The second kappa shape index (κ2) is 9.10. The molecule has 0 saturated carbocycles. The van der Waals surface area contributed by atoms with Crippen LogP contribution in [0.3, 0.4) is 0 Å². The molecule has 2 N–H and O–H groups in total. The van der Waals surface area contributed by atoms with Crippen molar-refractivity contribution in [3.05, 3.63) is 29.1 Å². The molecule has 0 aromatic heterocycles. The fourth-order valence-electron chi connectivity index (χ4n) is 2.78. The van der Waals surface area contributed by atoms with Crippen LogP contribution in [0.25, 0.3) is 0 Å². The lowest BCUT2D eigenvalue weighted by atomic mass is 10.1. The average Bonchev–Trinajstić information content (AvgIpc) is 2.53. The van der Waals surface area contributed by atoms with Crippen LogP contribution in [0.1, 0.15) is 30.4 Å². The Morgan fingerprint density at radius 1 is 1.25 bits per heavy atom. The lowest BCUT2D eigenvalue weighted by Crippen LogP contribution is -2.41. The number of hydrogen-bond donors (Lipinski definition) is 1. The van der Waals surface area contributed by atoms with Gasteiger partial charge in [-0.1, -0.05) is 0 Å². The summed E-state index contributed by atoms with van der Waals surface area (Å²) in [5, 5.41) is 0. The van der Waals surface area contributed by atoms with Gasteiger partial charge >= 0.3 is 0 Å². The van der Waals surface area contributed by atoms with E-state index in [9.17, 15) is 12.8 Å². The van der Waals surface area contributed by atoms with E-state index in [1.54, 1.807) is 13.8 Å². The van der Waals surface area contributed by atoms with Crippen LogP contribution >= 0.6 is 12.4 Å². The number of hydrogen-bond acceptors (Lipinski definition) is 4. The molecule has 0 amide bonds. The molecular weight excluding hydrogens is 355 g/mol. The Labute approximate surface area is 149 Å². The van der Waals surface area contributed by atoms with Gasteiger partial charge in [-0.2, -0.15) is 4.31 Å². The summed E-state index contributed by atoms with van der Waals surface area (Å²) in [6, 6.07) is 2.81. The maximum atomic E-state index is 13.7. The van der Waals surface area contributed by atoms with Crippen molar-refractivity contribution in [2.45, 2.75) is 44.1 Å². The summed E-state index contributed by atoms with van der Waals surface area (Å²) < 4.78 is 46.3. The summed E-state index contributed by atoms with van der Waals surface area (Å²) in [5.41, 5.74) is 6.13. The van der Waals surface area contributed by atoms with E-state index in [1.165, 1.54) is 16.4 Å². The van der Waals surface area contributed by atoms with Crippen LogP contribution < -0.4 is 5.73 Å². The average molecular weight is 381 g/mol. The van der Waals surface area contributed by atoms with Gasteiger partial charge in [-0.05, 0) is 62.9 Å². The van der Waals surface area contributed by atoms with Crippen molar-refractivity contribution in [1.29, 1.82) is 0 Å². The van der Waals surface area contributed by atoms with Crippen LogP contribution in [0, 0.1) is 19.7 Å². The quantitative estimate of drug-likeness (QED) is 0.769. The van der Waals surface area contributed by atoms with Crippen LogP contribution in [0.5, 0.6) is 0 Å². The molecule has 1 saturated heterocycles. The molecule has 1 heterocycles. The molecule has 24 heavy (non-hydrogen) atoms. The van der Waals surface area contributed by atoms with Gasteiger partial charge in [-0.15, -0.1) is 12.4 Å². The number of piperidine rings is 1. The van der Waals surface area contributed by atoms with Gasteiger partial charge in [0.05, 0.1) is 11.0 Å². The molecule has 0 radical (unpaired) electrons. The normalized spacial score (nSPS) is 16.8. The van der Waals surface area contributed by atoms with Crippen LogP contribution in [-0.2, 0) is 14.8 Å². The molecule has 1 aromatic rings. The molecule has 0 atom stereocenters. The first-order valence-corrected chi connectivity index (χ1v) is 9.39. The minimum absolute atomic E-state index is 0. The number of rotatable bonds is 6. The Morgan fingerprint density at radius 3 is 2.29 bits per heavy atom.